The molecule has 0 aliphatic rings. The molecule has 0 aliphatic carbocycles. The summed E-state index contributed by atoms with van der Waals surface area (Å²) in [7, 11) is 1.51. The van der Waals surface area contributed by atoms with Crippen molar-refractivity contribution in [3.8, 4) is 0 Å². The maximum atomic E-state index is 11.9. The smallest absolute Gasteiger partial charge is 0.326 e. The summed E-state index contributed by atoms with van der Waals surface area (Å²) in [5.74, 6) is -1.70. The summed E-state index contributed by atoms with van der Waals surface area (Å²) in [6, 6.07) is -0.104. The fourth-order valence-electron chi connectivity index (χ4n) is 1.69. The number of nitrogens with zero attached hydrogens (tertiary/aromatic N) is 1. The lowest BCUT2D eigenvalue weighted by Crippen LogP contribution is -2.46. The van der Waals surface area contributed by atoms with E-state index in [1.807, 2.05) is 0 Å². The van der Waals surface area contributed by atoms with Crippen LogP contribution in [0.15, 0.2) is 16.7 Å². The number of aliphatic carboxylic acids is 2. The van der Waals surface area contributed by atoms with Gasteiger partial charge in [0.1, 0.15) is 11.8 Å². The molecule has 1 aromatic heterocycles. The van der Waals surface area contributed by atoms with Crippen molar-refractivity contribution in [2.75, 3.05) is 7.05 Å². The van der Waals surface area contributed by atoms with Crippen LogP contribution < -0.4 is 5.32 Å². The predicted octanol–water partition coefficient (Wildman–Crippen LogP) is 1.05. The molecule has 8 nitrogen and oxygen atoms in total. The number of hydrogen-bond acceptors (Lipinski definition) is 4. The molecule has 8 heteroatoms. The summed E-state index contributed by atoms with van der Waals surface area (Å²) in [5, 5.41) is 19.8. The number of amides is 2. The number of aryl methyl sites for hydroxylation is 1. The zero-order valence-corrected chi connectivity index (χ0v) is 11.8. The van der Waals surface area contributed by atoms with E-state index in [2.05, 4.69) is 5.32 Å². The topological polar surface area (TPSA) is 120 Å². The Morgan fingerprint density at radius 3 is 2.52 bits per heavy atom. The van der Waals surface area contributed by atoms with Gasteiger partial charge in [-0.25, -0.2) is 9.59 Å². The van der Waals surface area contributed by atoms with Gasteiger partial charge in [0.05, 0.1) is 12.8 Å². The van der Waals surface area contributed by atoms with Gasteiger partial charge in [0.15, 0.2) is 0 Å². The molecule has 0 aliphatic heterocycles. The first kappa shape index (κ1) is 16.5. The van der Waals surface area contributed by atoms with Gasteiger partial charge in [-0.15, -0.1) is 0 Å². The summed E-state index contributed by atoms with van der Waals surface area (Å²) in [4.78, 5) is 34.7. The Kier molecular flexibility index (Phi) is 5.77. The predicted molar refractivity (Wildman–Crippen MR) is 71.7 cm³/mol. The molecule has 0 saturated heterocycles. The molecule has 0 aromatic carbocycles. The van der Waals surface area contributed by atoms with Crippen LogP contribution in [-0.2, 0) is 16.1 Å². The quantitative estimate of drug-likeness (QED) is 0.692. The maximum absolute atomic E-state index is 11.9. The maximum Gasteiger partial charge on any atom is 0.326 e. The molecule has 1 heterocycles. The number of carbonyl (C=O) groups excluding carboxylic acids is 1. The van der Waals surface area contributed by atoms with Gasteiger partial charge in [-0.3, -0.25) is 4.79 Å². The van der Waals surface area contributed by atoms with E-state index in [4.69, 9.17) is 14.6 Å². The first-order valence-electron chi connectivity index (χ1n) is 6.30. The molecule has 0 fully saturated rings. The third-order valence-corrected chi connectivity index (χ3v) is 2.96. The number of rotatable bonds is 7. The molecular formula is C13H18N2O6. The van der Waals surface area contributed by atoms with Crippen LogP contribution in [-0.4, -0.2) is 46.2 Å². The highest BCUT2D eigenvalue weighted by molar-refractivity contribution is 5.83. The first-order chi connectivity index (χ1) is 9.81. The molecule has 0 saturated carbocycles. The van der Waals surface area contributed by atoms with E-state index in [1.54, 1.807) is 13.0 Å². The summed E-state index contributed by atoms with van der Waals surface area (Å²) < 4.78 is 5.11. The van der Waals surface area contributed by atoms with E-state index in [1.165, 1.54) is 18.2 Å². The Labute approximate surface area is 121 Å². The molecule has 0 unspecified atom stereocenters. The minimum atomic E-state index is -1.27. The third-order valence-electron chi connectivity index (χ3n) is 2.96. The molecule has 0 spiro atoms. The fraction of sp³-hybridized carbons (Fsp3) is 0.462. The van der Waals surface area contributed by atoms with Crippen molar-refractivity contribution in [1.29, 1.82) is 0 Å². The highest BCUT2D eigenvalue weighted by Crippen LogP contribution is 2.11. The lowest BCUT2D eigenvalue weighted by Gasteiger charge is -2.21. The zero-order chi connectivity index (χ0) is 16.0. The number of nitrogens with one attached hydrogen (secondary N) is 1. The molecule has 1 atom stereocenters. The average molecular weight is 298 g/mol. The van der Waals surface area contributed by atoms with Crippen molar-refractivity contribution in [2.24, 2.45) is 0 Å². The van der Waals surface area contributed by atoms with Gasteiger partial charge in [0.2, 0.25) is 0 Å². The Balaban J connectivity index is 2.58. The molecule has 1 rings (SSSR count). The van der Waals surface area contributed by atoms with Crippen molar-refractivity contribution in [3.63, 3.8) is 0 Å². The van der Waals surface area contributed by atoms with Crippen LogP contribution in [0.5, 0.6) is 0 Å². The van der Waals surface area contributed by atoms with Gasteiger partial charge in [0.25, 0.3) is 0 Å². The van der Waals surface area contributed by atoms with E-state index in [0.717, 1.165) is 5.56 Å². The normalized spacial score (nSPS) is 11.7. The third kappa shape index (κ3) is 5.17. The van der Waals surface area contributed by atoms with Gasteiger partial charge >= 0.3 is 18.0 Å². The van der Waals surface area contributed by atoms with Crippen LogP contribution in [0.1, 0.15) is 24.2 Å². The van der Waals surface area contributed by atoms with Crippen LogP contribution in [0.2, 0.25) is 0 Å². The van der Waals surface area contributed by atoms with Crippen molar-refractivity contribution in [3.05, 3.63) is 23.7 Å². The monoisotopic (exact) mass is 298 g/mol. The molecule has 1 aromatic rings. The highest BCUT2D eigenvalue weighted by atomic mass is 16.4. The Morgan fingerprint density at radius 1 is 1.38 bits per heavy atom. The number of hydrogen-bond donors (Lipinski definition) is 3. The van der Waals surface area contributed by atoms with Crippen molar-refractivity contribution in [2.45, 2.75) is 32.4 Å². The standard InChI is InChI=1S/C13H18N2O6/c1-8-9(5-6-21-8)7-15(2)13(20)14-10(12(18)19)3-4-11(16)17/h5-6,10H,3-4,7H2,1-2H3,(H,14,20)(H,16,17)(H,18,19)/t10-/m0/s1. The summed E-state index contributed by atoms with van der Waals surface area (Å²) in [6.07, 6.45) is 1.00. The second-order valence-electron chi connectivity index (χ2n) is 4.63. The Hall–Kier alpha value is -2.51. The van der Waals surface area contributed by atoms with Crippen molar-refractivity contribution < 1.29 is 29.0 Å². The summed E-state index contributed by atoms with van der Waals surface area (Å²) in [6.45, 7) is 2.02. The van der Waals surface area contributed by atoms with Gasteiger partial charge in [0, 0.05) is 19.0 Å². The molecular weight excluding hydrogens is 280 g/mol. The molecule has 3 N–H and O–H groups in total. The lowest BCUT2D eigenvalue weighted by molar-refractivity contribution is -0.140. The first-order valence-corrected chi connectivity index (χ1v) is 6.30. The largest absolute Gasteiger partial charge is 0.481 e. The van der Waals surface area contributed by atoms with E-state index >= 15 is 0 Å². The summed E-state index contributed by atoms with van der Waals surface area (Å²) in [5.41, 5.74) is 0.810. The number of furan rings is 1. The zero-order valence-electron chi connectivity index (χ0n) is 11.8. The van der Waals surface area contributed by atoms with Gasteiger partial charge in [-0.1, -0.05) is 0 Å². The summed E-state index contributed by atoms with van der Waals surface area (Å²) >= 11 is 0. The second-order valence-corrected chi connectivity index (χ2v) is 4.63. The average Bonchev–Trinajstić information content (AvgIpc) is 2.79. The molecule has 2 amide bonds. The molecule has 0 radical (unpaired) electrons. The van der Waals surface area contributed by atoms with Crippen LogP contribution in [0.3, 0.4) is 0 Å². The van der Waals surface area contributed by atoms with Gasteiger partial charge < -0.3 is 24.8 Å². The molecule has 116 valence electrons. The van der Waals surface area contributed by atoms with Crippen molar-refractivity contribution in [1.82, 2.24) is 10.2 Å². The van der Waals surface area contributed by atoms with Crippen molar-refractivity contribution >= 4 is 18.0 Å². The minimum absolute atomic E-state index is 0.172. The van der Waals surface area contributed by atoms with Gasteiger partial charge in [-0.2, -0.15) is 0 Å². The number of urea groups is 1. The molecule has 0 bridgehead atoms. The Morgan fingerprint density at radius 2 is 2.05 bits per heavy atom. The second kappa shape index (κ2) is 7.32. The van der Waals surface area contributed by atoms with Crippen LogP contribution >= 0.6 is 0 Å². The van der Waals surface area contributed by atoms with E-state index in [0.29, 0.717) is 5.76 Å². The van der Waals surface area contributed by atoms with E-state index in [9.17, 15) is 14.4 Å². The SMILES string of the molecule is Cc1occc1CN(C)C(=O)N[C@@H](CCC(=O)O)C(=O)O. The van der Waals surface area contributed by atoms with Crippen LogP contribution in [0, 0.1) is 6.92 Å². The van der Waals surface area contributed by atoms with E-state index < -0.39 is 24.0 Å². The fourth-order valence-corrected chi connectivity index (χ4v) is 1.69. The minimum Gasteiger partial charge on any atom is -0.481 e. The van der Waals surface area contributed by atoms with Crippen LogP contribution in [0.25, 0.3) is 0 Å². The van der Waals surface area contributed by atoms with Crippen LogP contribution in [0.4, 0.5) is 4.79 Å². The van der Waals surface area contributed by atoms with E-state index in [-0.39, 0.29) is 19.4 Å². The number of carboxylic acid groups (broad SMARTS) is 2. The highest BCUT2D eigenvalue weighted by Gasteiger charge is 2.22. The number of carboxylic acids is 2. The molecule has 21 heavy (non-hydrogen) atoms. The lowest BCUT2D eigenvalue weighted by atomic mass is 10.1. The Bertz CT molecular complexity index is 524. The number of carbonyl (C=O) groups is 3. The van der Waals surface area contributed by atoms with Gasteiger partial charge in [-0.05, 0) is 19.4 Å².